The zero-order valence-corrected chi connectivity index (χ0v) is 7.66. The van der Waals surface area contributed by atoms with Gasteiger partial charge in [0.05, 0.1) is 6.33 Å². The fourth-order valence-corrected chi connectivity index (χ4v) is 0.577. The monoisotopic (exact) mass is 185 g/mol. The molecule has 1 aromatic rings. The van der Waals surface area contributed by atoms with Crippen LogP contribution < -0.4 is 5.73 Å². The Kier molecular flexibility index (Phi) is 6.53. The lowest BCUT2D eigenvalue weighted by Crippen LogP contribution is -2.02. The van der Waals surface area contributed by atoms with Crippen molar-refractivity contribution < 1.29 is 9.90 Å². The van der Waals surface area contributed by atoms with Gasteiger partial charge >= 0.3 is 5.97 Å². The molecule has 74 valence electrons. The van der Waals surface area contributed by atoms with E-state index in [-0.39, 0.29) is 6.42 Å². The molecule has 5 heteroatoms. The number of aliphatic carboxylic acids is 1. The second-order valence-electron chi connectivity index (χ2n) is 2.36. The summed E-state index contributed by atoms with van der Waals surface area (Å²) < 4.78 is 0. The lowest BCUT2D eigenvalue weighted by molar-refractivity contribution is -0.136. The Hall–Kier alpha value is -1.36. The summed E-state index contributed by atoms with van der Waals surface area (Å²) in [5, 5.41) is 7.72. The van der Waals surface area contributed by atoms with Gasteiger partial charge in [0.1, 0.15) is 0 Å². The molecule has 0 saturated heterocycles. The van der Waals surface area contributed by atoms with Gasteiger partial charge in [-0.1, -0.05) is 6.92 Å². The molecule has 0 fully saturated rings. The summed E-state index contributed by atoms with van der Waals surface area (Å²) in [4.78, 5) is 16.1. The van der Waals surface area contributed by atoms with Crippen molar-refractivity contribution in [3.63, 3.8) is 0 Å². The molecule has 0 atom stereocenters. The zero-order chi connectivity index (χ0) is 10.1. The van der Waals surface area contributed by atoms with Crippen molar-refractivity contribution in [2.75, 3.05) is 6.54 Å². The summed E-state index contributed by atoms with van der Waals surface area (Å²) in [5.74, 6) is -0.745. The van der Waals surface area contributed by atoms with E-state index in [1.165, 1.54) is 0 Å². The molecule has 1 rings (SSSR count). The highest BCUT2D eigenvalue weighted by atomic mass is 16.4. The summed E-state index contributed by atoms with van der Waals surface area (Å²) in [5.41, 5.74) is 6.38. The van der Waals surface area contributed by atoms with Gasteiger partial charge in [-0.3, -0.25) is 4.79 Å². The van der Waals surface area contributed by atoms with E-state index in [9.17, 15) is 4.79 Å². The first kappa shape index (κ1) is 11.6. The van der Waals surface area contributed by atoms with E-state index >= 15 is 0 Å². The van der Waals surface area contributed by atoms with Crippen molar-refractivity contribution in [2.45, 2.75) is 19.8 Å². The maximum atomic E-state index is 9.37. The van der Waals surface area contributed by atoms with Crippen molar-refractivity contribution in [3.05, 3.63) is 18.2 Å². The maximum Gasteiger partial charge on any atom is 0.303 e. The molecule has 0 aliphatic carbocycles. The first-order valence-electron chi connectivity index (χ1n) is 4.09. The van der Waals surface area contributed by atoms with Crippen LogP contribution in [-0.4, -0.2) is 27.6 Å². The third-order valence-electron chi connectivity index (χ3n) is 1.27. The predicted octanol–water partition coefficient (Wildman–Crippen LogP) is 0.392. The minimum absolute atomic E-state index is 0.222. The number of hydrogen-bond donors (Lipinski definition) is 3. The molecule has 0 aliphatic rings. The van der Waals surface area contributed by atoms with Gasteiger partial charge in [0, 0.05) is 24.7 Å². The van der Waals surface area contributed by atoms with Crippen LogP contribution in [0.25, 0.3) is 0 Å². The van der Waals surface area contributed by atoms with E-state index in [0.717, 1.165) is 12.1 Å². The van der Waals surface area contributed by atoms with E-state index in [1.54, 1.807) is 19.4 Å². The molecule has 5 nitrogen and oxygen atoms in total. The molecule has 0 unspecified atom stereocenters. The van der Waals surface area contributed by atoms with Crippen LogP contribution in [0.3, 0.4) is 0 Å². The predicted molar refractivity (Wildman–Crippen MR) is 49.3 cm³/mol. The lowest BCUT2D eigenvalue weighted by atomic mass is 10.3. The molecular weight excluding hydrogens is 170 g/mol. The normalized spacial score (nSPS) is 8.77. The van der Waals surface area contributed by atoms with Gasteiger partial charge in [0.2, 0.25) is 0 Å². The molecule has 0 spiro atoms. The minimum Gasteiger partial charge on any atom is -0.481 e. The number of aromatic nitrogens is 2. The number of imidazole rings is 1. The molecule has 0 aromatic carbocycles. The second-order valence-corrected chi connectivity index (χ2v) is 2.36. The molecule has 0 saturated carbocycles. The summed E-state index contributed by atoms with van der Waals surface area (Å²) in [6, 6.07) is 0. The van der Waals surface area contributed by atoms with Crippen LogP contribution in [0.4, 0.5) is 0 Å². The van der Waals surface area contributed by atoms with E-state index < -0.39 is 5.97 Å². The molecular formula is C8H15N3O2. The number of nitrogens with two attached hydrogens (primary N) is 1. The van der Waals surface area contributed by atoms with Crippen LogP contribution in [0.5, 0.6) is 0 Å². The number of aromatic amines is 1. The fourth-order valence-electron chi connectivity index (χ4n) is 0.577. The van der Waals surface area contributed by atoms with Crippen LogP contribution in [0.2, 0.25) is 0 Å². The average Bonchev–Trinajstić information content (AvgIpc) is 2.59. The zero-order valence-electron chi connectivity index (χ0n) is 7.66. The number of rotatable bonds is 3. The van der Waals surface area contributed by atoms with Crippen molar-refractivity contribution in [1.82, 2.24) is 9.97 Å². The number of carboxylic acids is 1. The third-order valence-corrected chi connectivity index (χ3v) is 1.27. The van der Waals surface area contributed by atoms with Crippen LogP contribution in [0, 0.1) is 0 Å². The van der Waals surface area contributed by atoms with E-state index in [2.05, 4.69) is 9.97 Å². The quantitative estimate of drug-likeness (QED) is 0.635. The number of hydrogen-bond acceptors (Lipinski definition) is 3. The van der Waals surface area contributed by atoms with Gasteiger partial charge in [-0.15, -0.1) is 0 Å². The van der Waals surface area contributed by atoms with Gasteiger partial charge in [0.15, 0.2) is 0 Å². The summed E-state index contributed by atoms with van der Waals surface area (Å²) in [7, 11) is 0. The second kappa shape index (κ2) is 7.30. The van der Waals surface area contributed by atoms with Gasteiger partial charge in [-0.25, -0.2) is 4.98 Å². The first-order valence-corrected chi connectivity index (χ1v) is 4.09. The molecule has 13 heavy (non-hydrogen) atoms. The Bertz CT molecular complexity index is 221. The standard InChI is InChI=1S/C5H9N3.C3H6O2/c6-2-1-5-3-7-4-8-5;1-2-3(4)5/h3-4H,1-2,6H2,(H,7,8);2H2,1H3,(H,4,5). The highest BCUT2D eigenvalue weighted by molar-refractivity contribution is 5.66. The number of H-pyrrole nitrogens is 1. The van der Waals surface area contributed by atoms with E-state index in [1.807, 2.05) is 0 Å². The molecule has 4 N–H and O–H groups in total. The highest BCUT2D eigenvalue weighted by Crippen LogP contribution is 1.88. The molecule has 0 aliphatic heterocycles. The van der Waals surface area contributed by atoms with Crippen molar-refractivity contribution in [1.29, 1.82) is 0 Å². The Morgan fingerprint density at radius 3 is 2.69 bits per heavy atom. The Morgan fingerprint density at radius 1 is 1.77 bits per heavy atom. The van der Waals surface area contributed by atoms with Crippen LogP contribution in [0.1, 0.15) is 19.0 Å². The number of nitrogens with zero attached hydrogens (tertiary/aromatic N) is 1. The number of nitrogens with one attached hydrogen (secondary N) is 1. The van der Waals surface area contributed by atoms with Crippen LogP contribution in [-0.2, 0) is 11.2 Å². The Labute approximate surface area is 77.0 Å². The smallest absolute Gasteiger partial charge is 0.303 e. The van der Waals surface area contributed by atoms with Crippen molar-refractivity contribution in [2.24, 2.45) is 5.73 Å². The lowest BCUT2D eigenvalue weighted by Gasteiger charge is -1.86. The molecule has 1 aromatic heterocycles. The Balaban J connectivity index is 0.000000252. The topological polar surface area (TPSA) is 92.0 Å². The van der Waals surface area contributed by atoms with Gasteiger partial charge in [-0.05, 0) is 6.54 Å². The summed E-state index contributed by atoms with van der Waals surface area (Å²) >= 11 is 0. The molecule has 0 amide bonds. The third kappa shape index (κ3) is 7.02. The Morgan fingerprint density at radius 2 is 2.38 bits per heavy atom. The maximum absolute atomic E-state index is 9.37. The van der Waals surface area contributed by atoms with Crippen LogP contribution in [0.15, 0.2) is 12.5 Å². The molecule has 0 radical (unpaired) electrons. The number of carbonyl (C=O) groups is 1. The van der Waals surface area contributed by atoms with Gasteiger partial charge in [0.25, 0.3) is 0 Å². The molecule has 1 heterocycles. The first-order chi connectivity index (χ1) is 6.20. The average molecular weight is 185 g/mol. The summed E-state index contributed by atoms with van der Waals surface area (Å²) in [6.45, 7) is 2.28. The fraction of sp³-hybridized carbons (Fsp3) is 0.500. The number of carboxylic acid groups (broad SMARTS) is 1. The minimum atomic E-state index is -0.745. The van der Waals surface area contributed by atoms with Crippen molar-refractivity contribution in [3.8, 4) is 0 Å². The van der Waals surface area contributed by atoms with E-state index in [0.29, 0.717) is 6.54 Å². The van der Waals surface area contributed by atoms with E-state index in [4.69, 9.17) is 10.8 Å². The largest absolute Gasteiger partial charge is 0.481 e. The highest BCUT2D eigenvalue weighted by Gasteiger charge is 1.87. The van der Waals surface area contributed by atoms with Gasteiger partial charge in [-0.2, -0.15) is 0 Å². The molecule has 0 bridgehead atoms. The summed E-state index contributed by atoms with van der Waals surface area (Å²) in [6.07, 6.45) is 4.55. The SMILES string of the molecule is CCC(=O)O.NCCc1cnc[nH]1. The van der Waals surface area contributed by atoms with Crippen molar-refractivity contribution >= 4 is 5.97 Å². The van der Waals surface area contributed by atoms with Gasteiger partial charge < -0.3 is 15.8 Å². The van der Waals surface area contributed by atoms with Crippen LogP contribution >= 0.6 is 0 Å².